The van der Waals surface area contributed by atoms with Gasteiger partial charge >= 0.3 is 0 Å². The summed E-state index contributed by atoms with van der Waals surface area (Å²) in [6.07, 6.45) is -0.142. The van der Waals surface area contributed by atoms with Crippen LogP contribution in [0.25, 0.3) is 0 Å². The monoisotopic (exact) mass is 355 g/mol. The predicted octanol–water partition coefficient (Wildman–Crippen LogP) is 1.49. The molecule has 2 N–H and O–H groups in total. The highest BCUT2D eigenvalue weighted by Gasteiger charge is 2.32. The van der Waals surface area contributed by atoms with Crippen molar-refractivity contribution >= 4 is 27.5 Å². The number of hydrogen-bond donors (Lipinski definition) is 2. The van der Waals surface area contributed by atoms with Gasteiger partial charge in [-0.15, -0.1) is 0 Å². The van der Waals surface area contributed by atoms with E-state index in [2.05, 4.69) is 5.32 Å². The number of anilines is 1. The van der Waals surface area contributed by atoms with Crippen molar-refractivity contribution in [1.82, 2.24) is 4.72 Å². The van der Waals surface area contributed by atoms with Gasteiger partial charge in [0.2, 0.25) is 11.8 Å². The molecule has 0 aromatic heterocycles. The summed E-state index contributed by atoms with van der Waals surface area (Å²) in [7, 11) is -4.14. The molecule has 25 heavy (non-hydrogen) atoms. The van der Waals surface area contributed by atoms with Crippen LogP contribution in [0, 0.1) is 11.3 Å². The van der Waals surface area contributed by atoms with E-state index in [1.807, 2.05) is 10.8 Å². The number of nitrogens with zero attached hydrogens (tertiary/aromatic N) is 1. The van der Waals surface area contributed by atoms with Gasteiger partial charge in [-0.1, -0.05) is 24.3 Å². The minimum absolute atomic E-state index is 0.142. The van der Waals surface area contributed by atoms with E-state index < -0.39 is 21.8 Å². The molecular formula is C17H13N3O4S. The van der Waals surface area contributed by atoms with Crippen LogP contribution >= 0.6 is 0 Å². The molecule has 3 rings (SSSR count). The van der Waals surface area contributed by atoms with Gasteiger partial charge in [0, 0.05) is 12.1 Å². The Bertz CT molecular complexity index is 1010. The summed E-state index contributed by atoms with van der Waals surface area (Å²) in [6.45, 7) is 0. The summed E-state index contributed by atoms with van der Waals surface area (Å²) in [5.41, 5.74) is 1.21. The van der Waals surface area contributed by atoms with Crippen molar-refractivity contribution < 1.29 is 18.0 Å². The smallest absolute Gasteiger partial charge is 0.264 e. The van der Waals surface area contributed by atoms with E-state index in [9.17, 15) is 18.0 Å². The summed E-state index contributed by atoms with van der Waals surface area (Å²) in [5, 5.41) is 11.5. The van der Waals surface area contributed by atoms with Gasteiger partial charge in [0.1, 0.15) is 0 Å². The van der Waals surface area contributed by atoms with Gasteiger partial charge in [0.25, 0.3) is 10.0 Å². The number of nitrogens with one attached hydrogen (secondary N) is 2. The van der Waals surface area contributed by atoms with Crippen LogP contribution in [-0.2, 0) is 19.6 Å². The Morgan fingerprint density at radius 1 is 1.20 bits per heavy atom. The molecule has 126 valence electrons. The maximum absolute atomic E-state index is 12.5. The summed E-state index contributed by atoms with van der Waals surface area (Å²) < 4.78 is 26.8. The molecular weight excluding hydrogens is 342 g/mol. The van der Waals surface area contributed by atoms with Crippen molar-refractivity contribution in [3.05, 3.63) is 59.7 Å². The van der Waals surface area contributed by atoms with E-state index in [4.69, 9.17) is 5.26 Å². The fourth-order valence-corrected chi connectivity index (χ4v) is 3.71. The zero-order chi connectivity index (χ0) is 18.0. The lowest BCUT2D eigenvalue weighted by Crippen LogP contribution is -2.38. The molecule has 1 atom stereocenters. The third-order valence-electron chi connectivity index (χ3n) is 3.82. The number of benzene rings is 2. The molecule has 0 saturated heterocycles. The number of carbonyl (C=O) groups excluding carboxylic acids is 2. The number of sulfonamides is 1. The lowest BCUT2D eigenvalue weighted by Gasteiger charge is -2.24. The quantitative estimate of drug-likeness (QED) is 0.865. The van der Waals surface area contributed by atoms with Gasteiger partial charge in [0.15, 0.2) is 0 Å². The normalized spacial score (nSPS) is 16.3. The average molecular weight is 355 g/mol. The van der Waals surface area contributed by atoms with Crippen LogP contribution < -0.4 is 10.0 Å². The Morgan fingerprint density at radius 3 is 2.72 bits per heavy atom. The number of hydrogen-bond acceptors (Lipinski definition) is 5. The second-order valence-electron chi connectivity index (χ2n) is 5.50. The molecule has 2 amide bonds. The molecule has 0 aliphatic carbocycles. The van der Waals surface area contributed by atoms with Gasteiger partial charge in [-0.25, -0.2) is 13.1 Å². The molecule has 1 aliphatic rings. The molecule has 0 saturated carbocycles. The van der Waals surface area contributed by atoms with E-state index in [0.717, 1.165) is 0 Å². The lowest BCUT2D eigenvalue weighted by atomic mass is 9.90. The standard InChI is InChI=1S/C17H13N3O4S/c18-10-11-4-3-5-12(8-11)25(23,24)20-17(22)14-9-16(21)19-15-7-2-1-6-13(14)15/h1-8,14H,9H2,(H,19,21)(H,20,22)/t14-/m0/s1. The molecule has 0 fully saturated rings. The summed E-state index contributed by atoms with van der Waals surface area (Å²) in [4.78, 5) is 24.1. The first kappa shape index (κ1) is 16.7. The number of rotatable bonds is 3. The predicted molar refractivity (Wildman–Crippen MR) is 88.9 cm³/mol. The third-order valence-corrected chi connectivity index (χ3v) is 5.17. The number of amides is 2. The Hall–Kier alpha value is -3.18. The van der Waals surface area contributed by atoms with Crippen molar-refractivity contribution in [1.29, 1.82) is 5.26 Å². The fourth-order valence-electron chi connectivity index (χ4n) is 2.64. The van der Waals surface area contributed by atoms with Gasteiger partial charge in [-0.2, -0.15) is 5.26 Å². The summed E-state index contributed by atoms with van der Waals surface area (Å²) in [6, 6.07) is 13.9. The SMILES string of the molecule is N#Cc1cccc(S(=O)(=O)NC(=O)[C@H]2CC(=O)Nc3ccccc32)c1. The van der Waals surface area contributed by atoms with Crippen molar-refractivity contribution in [2.24, 2.45) is 0 Å². The minimum Gasteiger partial charge on any atom is -0.326 e. The zero-order valence-electron chi connectivity index (χ0n) is 12.9. The molecule has 0 bridgehead atoms. The maximum Gasteiger partial charge on any atom is 0.264 e. The van der Waals surface area contributed by atoms with Crippen LogP contribution in [0.15, 0.2) is 53.4 Å². The Labute approximate surface area is 144 Å². The first-order chi connectivity index (χ1) is 11.9. The highest BCUT2D eigenvalue weighted by molar-refractivity contribution is 7.90. The van der Waals surface area contributed by atoms with Crippen molar-refractivity contribution in [3.8, 4) is 6.07 Å². The lowest BCUT2D eigenvalue weighted by molar-refractivity contribution is -0.125. The van der Waals surface area contributed by atoms with Gasteiger partial charge in [-0.05, 0) is 29.8 Å². The van der Waals surface area contributed by atoms with Crippen LogP contribution in [0.2, 0.25) is 0 Å². The van der Waals surface area contributed by atoms with Crippen LogP contribution in [0.5, 0.6) is 0 Å². The topological polar surface area (TPSA) is 116 Å². The Balaban J connectivity index is 1.89. The van der Waals surface area contributed by atoms with E-state index in [-0.39, 0.29) is 22.8 Å². The fraction of sp³-hybridized carbons (Fsp3) is 0.118. The molecule has 1 aliphatic heterocycles. The van der Waals surface area contributed by atoms with Crippen molar-refractivity contribution in [2.45, 2.75) is 17.2 Å². The van der Waals surface area contributed by atoms with E-state index in [1.54, 1.807) is 24.3 Å². The van der Waals surface area contributed by atoms with E-state index in [1.165, 1.54) is 24.3 Å². The second-order valence-corrected chi connectivity index (χ2v) is 7.18. The largest absolute Gasteiger partial charge is 0.326 e. The molecule has 0 unspecified atom stereocenters. The summed E-state index contributed by atoms with van der Waals surface area (Å²) in [5.74, 6) is -2.05. The van der Waals surface area contributed by atoms with Crippen LogP contribution in [-0.4, -0.2) is 20.2 Å². The number of fused-ring (bicyclic) bond motifs is 1. The molecule has 8 heteroatoms. The molecule has 0 radical (unpaired) electrons. The molecule has 1 heterocycles. The number of para-hydroxylation sites is 1. The minimum atomic E-state index is -4.14. The highest BCUT2D eigenvalue weighted by Crippen LogP contribution is 2.32. The number of nitriles is 1. The molecule has 7 nitrogen and oxygen atoms in total. The van der Waals surface area contributed by atoms with E-state index >= 15 is 0 Å². The number of carbonyl (C=O) groups is 2. The molecule has 2 aromatic carbocycles. The zero-order valence-corrected chi connectivity index (χ0v) is 13.7. The van der Waals surface area contributed by atoms with Crippen LogP contribution in [0.3, 0.4) is 0 Å². The first-order valence-electron chi connectivity index (χ1n) is 7.36. The second kappa shape index (κ2) is 6.37. The van der Waals surface area contributed by atoms with Gasteiger partial charge in [-0.3, -0.25) is 9.59 Å². The first-order valence-corrected chi connectivity index (χ1v) is 8.84. The molecule has 0 spiro atoms. The maximum atomic E-state index is 12.5. The Kier molecular flexibility index (Phi) is 4.25. The van der Waals surface area contributed by atoms with Crippen LogP contribution in [0.1, 0.15) is 23.5 Å². The van der Waals surface area contributed by atoms with Gasteiger partial charge in [0.05, 0.1) is 22.4 Å². The Morgan fingerprint density at radius 2 is 1.96 bits per heavy atom. The van der Waals surface area contributed by atoms with Crippen molar-refractivity contribution in [2.75, 3.05) is 5.32 Å². The van der Waals surface area contributed by atoms with E-state index in [0.29, 0.717) is 11.3 Å². The van der Waals surface area contributed by atoms with Crippen molar-refractivity contribution in [3.63, 3.8) is 0 Å². The highest BCUT2D eigenvalue weighted by atomic mass is 32.2. The average Bonchev–Trinajstić information content (AvgIpc) is 2.60. The van der Waals surface area contributed by atoms with Crippen LogP contribution in [0.4, 0.5) is 5.69 Å². The van der Waals surface area contributed by atoms with Gasteiger partial charge < -0.3 is 5.32 Å². The molecule has 2 aromatic rings. The summed E-state index contributed by atoms with van der Waals surface area (Å²) >= 11 is 0. The third kappa shape index (κ3) is 3.36.